The van der Waals surface area contributed by atoms with Crippen molar-refractivity contribution in [3.63, 3.8) is 0 Å². The molecule has 0 fully saturated rings. The van der Waals surface area contributed by atoms with Crippen LogP contribution in [0.15, 0.2) is 42.0 Å². The van der Waals surface area contributed by atoms with Crippen LogP contribution in [-0.2, 0) is 15.8 Å². The maximum absolute atomic E-state index is 9.99. The number of hydrogen-bond donors (Lipinski definition) is 1. The molecule has 128 valence electrons. The highest BCUT2D eigenvalue weighted by atomic mass is 28.4. The molecule has 3 nitrogen and oxygen atoms in total. The zero-order valence-corrected chi connectivity index (χ0v) is 16.0. The summed E-state index contributed by atoms with van der Waals surface area (Å²) in [7, 11) is -1.85. The second-order valence-electron chi connectivity index (χ2n) is 7.89. The Morgan fingerprint density at radius 2 is 1.78 bits per heavy atom. The number of rotatable bonds is 6. The van der Waals surface area contributed by atoms with E-state index < -0.39 is 14.4 Å². The van der Waals surface area contributed by atoms with Gasteiger partial charge in [-0.25, -0.2) is 0 Å². The first-order valence-electron chi connectivity index (χ1n) is 8.37. The van der Waals surface area contributed by atoms with Gasteiger partial charge in [0, 0.05) is 6.42 Å². The Labute approximate surface area is 141 Å². The molecule has 2 rings (SSSR count). The van der Waals surface area contributed by atoms with Crippen molar-refractivity contribution >= 4 is 8.32 Å². The van der Waals surface area contributed by atoms with Crippen LogP contribution in [0.2, 0.25) is 18.1 Å². The molecular formula is C19H30O3Si. The number of aliphatic hydroxyl groups is 1. The molecule has 4 heteroatoms. The van der Waals surface area contributed by atoms with Crippen LogP contribution in [-0.4, -0.2) is 32.2 Å². The van der Waals surface area contributed by atoms with Crippen LogP contribution in [0.25, 0.3) is 0 Å². The molecule has 1 aliphatic carbocycles. The van der Waals surface area contributed by atoms with Crippen molar-refractivity contribution in [2.75, 3.05) is 6.61 Å². The Morgan fingerprint density at radius 1 is 1.13 bits per heavy atom. The van der Waals surface area contributed by atoms with Gasteiger partial charge in [0.15, 0.2) is 8.32 Å². The maximum Gasteiger partial charge on any atom is 0.192 e. The van der Waals surface area contributed by atoms with Crippen molar-refractivity contribution in [1.29, 1.82) is 0 Å². The summed E-state index contributed by atoms with van der Waals surface area (Å²) in [6, 6.07) is 10.1. The smallest absolute Gasteiger partial charge is 0.192 e. The SMILES string of the molecule is CC(C)(C)[Si](C)(C)OC1C[C@H](O)C=C1COCc1ccccc1. The third-order valence-electron chi connectivity index (χ3n) is 4.90. The van der Waals surface area contributed by atoms with E-state index in [1.807, 2.05) is 24.3 Å². The first kappa shape index (κ1) is 18.4. The van der Waals surface area contributed by atoms with Crippen LogP contribution in [0.1, 0.15) is 32.8 Å². The summed E-state index contributed by atoms with van der Waals surface area (Å²) in [5.41, 5.74) is 2.24. The molecule has 0 bridgehead atoms. The van der Waals surface area contributed by atoms with E-state index in [9.17, 15) is 5.11 Å². The molecule has 1 N–H and O–H groups in total. The highest BCUT2D eigenvalue weighted by Crippen LogP contribution is 2.39. The average Bonchev–Trinajstić information content (AvgIpc) is 2.78. The Morgan fingerprint density at radius 3 is 2.39 bits per heavy atom. The van der Waals surface area contributed by atoms with Gasteiger partial charge in [-0.3, -0.25) is 0 Å². The van der Waals surface area contributed by atoms with Gasteiger partial charge < -0.3 is 14.3 Å². The van der Waals surface area contributed by atoms with Crippen molar-refractivity contribution < 1.29 is 14.3 Å². The molecule has 1 aromatic rings. The van der Waals surface area contributed by atoms with Crippen molar-refractivity contribution in [1.82, 2.24) is 0 Å². The monoisotopic (exact) mass is 334 g/mol. The lowest BCUT2D eigenvalue weighted by molar-refractivity contribution is 0.113. The van der Waals surface area contributed by atoms with E-state index in [0.29, 0.717) is 19.6 Å². The molecule has 1 unspecified atom stereocenters. The molecule has 1 aliphatic rings. The summed E-state index contributed by atoms with van der Waals surface area (Å²) in [5, 5.41) is 10.2. The zero-order chi connectivity index (χ0) is 17.1. The van der Waals surface area contributed by atoms with Gasteiger partial charge in [-0.2, -0.15) is 0 Å². The second kappa shape index (κ2) is 7.30. The average molecular weight is 335 g/mol. The molecule has 23 heavy (non-hydrogen) atoms. The van der Waals surface area contributed by atoms with Crippen LogP contribution < -0.4 is 0 Å². The van der Waals surface area contributed by atoms with Crippen LogP contribution in [0, 0.1) is 0 Å². The van der Waals surface area contributed by atoms with Gasteiger partial charge >= 0.3 is 0 Å². The highest BCUT2D eigenvalue weighted by Gasteiger charge is 2.41. The summed E-state index contributed by atoms with van der Waals surface area (Å²) in [6.07, 6.45) is 2.13. The predicted octanol–water partition coefficient (Wildman–Crippen LogP) is 4.28. The molecule has 0 saturated heterocycles. The number of benzene rings is 1. The summed E-state index contributed by atoms with van der Waals surface area (Å²) < 4.78 is 12.3. The van der Waals surface area contributed by atoms with Gasteiger partial charge in [0.25, 0.3) is 0 Å². The molecule has 0 spiro atoms. The number of hydrogen-bond acceptors (Lipinski definition) is 3. The minimum atomic E-state index is -1.85. The third kappa shape index (κ3) is 5.01. The number of ether oxygens (including phenoxy) is 1. The first-order chi connectivity index (χ1) is 10.7. The summed E-state index contributed by atoms with van der Waals surface area (Å²) in [5.74, 6) is 0. The second-order valence-corrected chi connectivity index (χ2v) is 12.6. The van der Waals surface area contributed by atoms with Crippen LogP contribution in [0.3, 0.4) is 0 Å². The molecular weight excluding hydrogens is 304 g/mol. The minimum Gasteiger partial charge on any atom is -0.410 e. The first-order valence-corrected chi connectivity index (χ1v) is 11.3. The molecule has 0 saturated carbocycles. The highest BCUT2D eigenvalue weighted by molar-refractivity contribution is 6.74. The van der Waals surface area contributed by atoms with Gasteiger partial charge in [-0.1, -0.05) is 57.2 Å². The molecule has 0 radical (unpaired) electrons. The Balaban J connectivity index is 1.93. The van der Waals surface area contributed by atoms with Crippen molar-refractivity contribution in [3.8, 4) is 0 Å². The topological polar surface area (TPSA) is 38.7 Å². The fraction of sp³-hybridized carbons (Fsp3) is 0.579. The predicted molar refractivity (Wildman–Crippen MR) is 96.9 cm³/mol. The van der Waals surface area contributed by atoms with Crippen molar-refractivity contribution in [2.24, 2.45) is 0 Å². The Hall–Kier alpha value is -0.943. The summed E-state index contributed by atoms with van der Waals surface area (Å²) in [4.78, 5) is 0. The van der Waals surface area contributed by atoms with Gasteiger partial charge in [-0.15, -0.1) is 0 Å². The lowest BCUT2D eigenvalue weighted by Crippen LogP contribution is -2.44. The fourth-order valence-corrected chi connectivity index (χ4v) is 3.76. The maximum atomic E-state index is 9.99. The Bertz CT molecular complexity index is 531. The summed E-state index contributed by atoms with van der Waals surface area (Å²) in [6.45, 7) is 12.3. The van der Waals surface area contributed by atoms with E-state index >= 15 is 0 Å². The van der Waals surface area contributed by atoms with Gasteiger partial charge in [-0.05, 0) is 29.3 Å². The molecule has 0 aliphatic heterocycles. The lowest BCUT2D eigenvalue weighted by Gasteiger charge is -2.39. The van der Waals surface area contributed by atoms with E-state index in [1.54, 1.807) is 0 Å². The quantitative estimate of drug-likeness (QED) is 0.623. The Kier molecular flexibility index (Phi) is 5.84. The van der Waals surface area contributed by atoms with Gasteiger partial charge in [0.05, 0.1) is 25.4 Å². The van der Waals surface area contributed by atoms with E-state index in [1.165, 1.54) is 0 Å². The largest absolute Gasteiger partial charge is 0.410 e. The minimum absolute atomic E-state index is 0.0123. The third-order valence-corrected chi connectivity index (χ3v) is 9.39. The van der Waals surface area contributed by atoms with Crippen LogP contribution >= 0.6 is 0 Å². The number of aliphatic hydroxyl groups excluding tert-OH is 1. The van der Waals surface area contributed by atoms with Crippen molar-refractivity contribution in [3.05, 3.63) is 47.5 Å². The van der Waals surface area contributed by atoms with E-state index in [-0.39, 0.29) is 11.1 Å². The molecule has 0 heterocycles. The summed E-state index contributed by atoms with van der Waals surface area (Å²) >= 11 is 0. The normalized spacial score (nSPS) is 22.3. The molecule has 0 amide bonds. The fourth-order valence-electron chi connectivity index (χ4n) is 2.45. The molecule has 1 aromatic carbocycles. The van der Waals surface area contributed by atoms with Crippen molar-refractivity contribution in [2.45, 2.75) is 64.1 Å². The van der Waals surface area contributed by atoms with Crippen LogP contribution in [0.5, 0.6) is 0 Å². The van der Waals surface area contributed by atoms with E-state index in [0.717, 1.165) is 11.1 Å². The standard InChI is InChI=1S/C19H30O3Si/c1-19(2,3)23(4,5)22-18-12-17(20)11-16(18)14-21-13-15-9-7-6-8-10-15/h6-11,17-18,20H,12-14H2,1-5H3/t17-,18?/m1/s1. The lowest BCUT2D eigenvalue weighted by atomic mass is 10.2. The molecule has 0 aromatic heterocycles. The van der Waals surface area contributed by atoms with E-state index in [4.69, 9.17) is 9.16 Å². The van der Waals surface area contributed by atoms with Gasteiger partial charge in [0.2, 0.25) is 0 Å². The van der Waals surface area contributed by atoms with E-state index in [2.05, 4.69) is 46.0 Å². The van der Waals surface area contributed by atoms with Gasteiger partial charge in [0.1, 0.15) is 0 Å². The van der Waals surface area contributed by atoms with Crippen LogP contribution in [0.4, 0.5) is 0 Å². The zero-order valence-electron chi connectivity index (χ0n) is 15.0. The molecule has 2 atom stereocenters.